The summed E-state index contributed by atoms with van der Waals surface area (Å²) in [5.41, 5.74) is 0. The van der Waals surface area contributed by atoms with Gasteiger partial charge in [0.15, 0.2) is 5.83 Å². The molecule has 2 saturated carbocycles. The maximum atomic E-state index is 13.6. The van der Waals surface area contributed by atoms with E-state index in [1.165, 1.54) is 64.2 Å². The molecule has 2 nitrogen and oxygen atoms in total. The number of hydrogen-bond acceptors (Lipinski definition) is 2. The molecule has 6 heteroatoms. The van der Waals surface area contributed by atoms with Gasteiger partial charge in [-0.15, -0.1) is 0 Å². The van der Waals surface area contributed by atoms with E-state index in [0.717, 1.165) is 30.6 Å². The highest BCUT2D eigenvalue weighted by molar-refractivity contribution is 5.01. The molecule has 0 radical (unpaired) electrons. The van der Waals surface area contributed by atoms with Crippen LogP contribution in [-0.4, -0.2) is 25.7 Å². The zero-order chi connectivity index (χ0) is 21.6. The first kappa shape index (κ1) is 24.0. The molecule has 0 atom stereocenters. The maximum absolute atomic E-state index is 13.6. The molecular formula is C24H38F4O2. The van der Waals surface area contributed by atoms with Crippen LogP contribution in [0.1, 0.15) is 84.0 Å². The highest BCUT2D eigenvalue weighted by atomic mass is 19.4. The Morgan fingerprint density at radius 3 is 1.70 bits per heavy atom. The minimum Gasteiger partial charge on any atom is -0.346 e. The zero-order valence-corrected chi connectivity index (χ0v) is 18.3. The first-order valence-corrected chi connectivity index (χ1v) is 12.0. The second-order valence-corrected chi connectivity index (χ2v) is 9.86. The fraction of sp³-hybridized carbons (Fsp3) is 0.917. The van der Waals surface area contributed by atoms with E-state index < -0.39 is 18.3 Å². The van der Waals surface area contributed by atoms with Crippen LogP contribution < -0.4 is 0 Å². The Balaban J connectivity index is 1.31. The second-order valence-electron chi connectivity index (χ2n) is 9.86. The van der Waals surface area contributed by atoms with E-state index in [1.54, 1.807) is 0 Å². The van der Waals surface area contributed by atoms with Gasteiger partial charge in [0.05, 0.1) is 19.3 Å². The third kappa shape index (κ3) is 7.51. The summed E-state index contributed by atoms with van der Waals surface area (Å²) in [6, 6.07) is 0. The van der Waals surface area contributed by atoms with E-state index in [-0.39, 0.29) is 25.2 Å². The predicted molar refractivity (Wildman–Crippen MR) is 109 cm³/mol. The molecule has 3 fully saturated rings. The molecule has 0 aromatic carbocycles. The Hall–Kier alpha value is -0.620. The lowest BCUT2D eigenvalue weighted by Crippen LogP contribution is -2.38. The summed E-state index contributed by atoms with van der Waals surface area (Å²) in [5, 5.41) is 0. The second kappa shape index (κ2) is 11.3. The van der Waals surface area contributed by atoms with Crippen molar-refractivity contribution in [2.45, 2.75) is 96.4 Å². The number of rotatable bonds is 7. The normalized spacial score (nSPS) is 36.6. The molecule has 0 spiro atoms. The van der Waals surface area contributed by atoms with Crippen LogP contribution in [0.3, 0.4) is 0 Å². The third-order valence-electron chi connectivity index (χ3n) is 7.65. The van der Waals surface area contributed by atoms with Gasteiger partial charge < -0.3 is 9.47 Å². The molecule has 2 aliphatic carbocycles. The van der Waals surface area contributed by atoms with E-state index in [2.05, 4.69) is 6.92 Å². The molecule has 0 aromatic heterocycles. The molecule has 30 heavy (non-hydrogen) atoms. The maximum Gasteiger partial charge on any atom is 0.412 e. The molecule has 0 unspecified atom stereocenters. The number of allylic oxidation sites excluding steroid dienone is 1. The zero-order valence-electron chi connectivity index (χ0n) is 18.3. The summed E-state index contributed by atoms with van der Waals surface area (Å²) >= 11 is 0. The predicted octanol–water partition coefficient (Wildman–Crippen LogP) is 7.58. The Bertz CT molecular complexity index is 524. The van der Waals surface area contributed by atoms with Crippen LogP contribution in [0.2, 0.25) is 0 Å². The molecule has 0 aromatic rings. The summed E-state index contributed by atoms with van der Waals surface area (Å²) in [6.45, 7) is 2.84. The minimum atomic E-state index is -4.69. The van der Waals surface area contributed by atoms with Gasteiger partial charge in [-0.25, -0.2) is 4.39 Å². The number of alkyl halides is 3. The van der Waals surface area contributed by atoms with Crippen molar-refractivity contribution in [2.24, 2.45) is 29.6 Å². The van der Waals surface area contributed by atoms with Gasteiger partial charge in [-0.2, -0.15) is 13.2 Å². The average Bonchev–Trinajstić information content (AvgIpc) is 2.73. The summed E-state index contributed by atoms with van der Waals surface area (Å²) < 4.78 is 60.9. The third-order valence-corrected chi connectivity index (χ3v) is 7.65. The lowest BCUT2D eigenvalue weighted by atomic mass is 9.72. The smallest absolute Gasteiger partial charge is 0.346 e. The van der Waals surface area contributed by atoms with Gasteiger partial charge in [-0.1, -0.05) is 71.1 Å². The lowest BCUT2D eigenvalue weighted by molar-refractivity contribution is -0.200. The molecule has 0 N–H and O–H groups in total. The minimum absolute atomic E-state index is 0.162. The number of halogens is 4. The van der Waals surface area contributed by atoms with E-state index in [9.17, 15) is 17.6 Å². The summed E-state index contributed by atoms with van der Waals surface area (Å²) in [6.07, 6.45) is 9.20. The van der Waals surface area contributed by atoms with Crippen LogP contribution in [0.25, 0.3) is 0 Å². The highest BCUT2D eigenvalue weighted by Gasteiger charge is 2.35. The lowest BCUT2D eigenvalue weighted by Gasteiger charge is -2.38. The van der Waals surface area contributed by atoms with Crippen molar-refractivity contribution < 1.29 is 27.0 Å². The molecule has 0 amide bonds. The molecule has 174 valence electrons. The first-order valence-electron chi connectivity index (χ1n) is 12.0. The van der Waals surface area contributed by atoms with Gasteiger partial charge in [-0.3, -0.25) is 0 Å². The van der Waals surface area contributed by atoms with E-state index in [1.807, 2.05) is 0 Å². The number of ether oxygens (including phenoxy) is 2. The van der Waals surface area contributed by atoms with Gasteiger partial charge >= 0.3 is 6.18 Å². The van der Waals surface area contributed by atoms with Gasteiger partial charge in [0.25, 0.3) is 0 Å². The van der Waals surface area contributed by atoms with Crippen LogP contribution in [0, 0.1) is 29.6 Å². The van der Waals surface area contributed by atoms with Crippen molar-refractivity contribution in [3.63, 3.8) is 0 Å². The van der Waals surface area contributed by atoms with E-state index >= 15 is 0 Å². The van der Waals surface area contributed by atoms with Crippen LogP contribution in [0.4, 0.5) is 17.6 Å². The molecule has 1 aliphatic heterocycles. The molecular weight excluding hydrogens is 396 g/mol. The molecule has 1 heterocycles. The Labute approximate surface area is 178 Å². The fourth-order valence-corrected chi connectivity index (χ4v) is 5.81. The van der Waals surface area contributed by atoms with Gasteiger partial charge in [0, 0.05) is 5.92 Å². The largest absolute Gasteiger partial charge is 0.412 e. The summed E-state index contributed by atoms with van der Waals surface area (Å²) in [7, 11) is 0. The highest BCUT2D eigenvalue weighted by Crippen LogP contribution is 2.40. The van der Waals surface area contributed by atoms with Crippen LogP contribution >= 0.6 is 0 Å². The topological polar surface area (TPSA) is 18.5 Å². The van der Waals surface area contributed by atoms with Crippen molar-refractivity contribution >= 4 is 0 Å². The first-order chi connectivity index (χ1) is 14.3. The van der Waals surface area contributed by atoms with Crippen molar-refractivity contribution in [2.75, 3.05) is 13.2 Å². The van der Waals surface area contributed by atoms with Crippen LogP contribution in [0.5, 0.6) is 0 Å². The van der Waals surface area contributed by atoms with Gasteiger partial charge in [0.2, 0.25) is 6.29 Å². The molecule has 3 rings (SSSR count). The van der Waals surface area contributed by atoms with Gasteiger partial charge in [-0.05, 0) is 36.5 Å². The van der Waals surface area contributed by atoms with Crippen molar-refractivity contribution in [3.8, 4) is 0 Å². The Morgan fingerprint density at radius 2 is 1.23 bits per heavy atom. The molecule has 3 aliphatic rings. The van der Waals surface area contributed by atoms with Crippen molar-refractivity contribution in [1.82, 2.24) is 0 Å². The van der Waals surface area contributed by atoms with E-state index in [0.29, 0.717) is 5.92 Å². The molecule has 0 bridgehead atoms. The summed E-state index contributed by atoms with van der Waals surface area (Å²) in [5.74, 6) is 1.94. The monoisotopic (exact) mass is 434 g/mol. The van der Waals surface area contributed by atoms with Crippen LogP contribution in [-0.2, 0) is 9.47 Å². The van der Waals surface area contributed by atoms with Crippen LogP contribution in [0.15, 0.2) is 11.9 Å². The van der Waals surface area contributed by atoms with Crippen molar-refractivity contribution in [1.29, 1.82) is 0 Å². The van der Waals surface area contributed by atoms with Gasteiger partial charge in [0.1, 0.15) is 0 Å². The quantitative estimate of drug-likeness (QED) is 0.384. The standard InChI is InChI=1S/C24H38F4O2/c1-2-3-17-4-6-18(7-5-17)8-9-19-10-12-20(13-11-19)21-15-29-23(30-16-21)22(25)14-24(26,27)28/h14,17-21,23H,2-13,15-16H2,1H3. The average molecular weight is 435 g/mol. The number of hydrogen-bond donors (Lipinski definition) is 0. The fourth-order valence-electron chi connectivity index (χ4n) is 5.81. The molecule has 1 saturated heterocycles. The Morgan fingerprint density at radius 1 is 0.767 bits per heavy atom. The SMILES string of the molecule is CCCC1CCC(CCC2CCC(C3COC(C(F)=CC(F)(F)F)OC3)CC2)CC1. The summed E-state index contributed by atoms with van der Waals surface area (Å²) in [4.78, 5) is 0. The van der Waals surface area contributed by atoms with Crippen molar-refractivity contribution in [3.05, 3.63) is 11.9 Å². The Kier molecular flexibility index (Phi) is 9.06. The van der Waals surface area contributed by atoms with E-state index in [4.69, 9.17) is 9.47 Å².